The molecule has 1 fully saturated rings. The van der Waals surface area contributed by atoms with Crippen molar-refractivity contribution < 1.29 is 14.7 Å². The molecule has 0 aromatic heterocycles. The zero-order valence-electron chi connectivity index (χ0n) is 11.4. The maximum atomic E-state index is 12.2. The van der Waals surface area contributed by atoms with Gasteiger partial charge in [0.1, 0.15) is 0 Å². The number of nitrogens with one attached hydrogen (secondary N) is 1. The molecule has 20 heavy (non-hydrogen) atoms. The average Bonchev–Trinajstić information content (AvgIpc) is 3.20. The number of hydrogen-bond donors (Lipinski definition) is 2. The molecule has 0 radical (unpaired) electrons. The van der Waals surface area contributed by atoms with Crippen LogP contribution >= 0.6 is 15.9 Å². The Morgan fingerprint density at radius 1 is 1.45 bits per heavy atom. The number of hydrogen-bond acceptors (Lipinski definition) is 2. The molecular formula is C14H17BrN2O3. The van der Waals surface area contributed by atoms with Crippen LogP contribution in [-0.2, 0) is 0 Å². The topological polar surface area (TPSA) is 69.6 Å². The lowest BCUT2D eigenvalue weighted by molar-refractivity contribution is 0.0698. The summed E-state index contributed by atoms with van der Waals surface area (Å²) >= 11 is 3.28. The smallest absolute Gasteiger partial charge is 0.337 e. The molecular weight excluding hydrogens is 324 g/mol. The number of carbonyl (C=O) groups excluding carboxylic acids is 1. The molecule has 1 aromatic rings. The summed E-state index contributed by atoms with van der Waals surface area (Å²) in [5.41, 5.74) is 0.376. The number of amides is 2. The van der Waals surface area contributed by atoms with Crippen LogP contribution in [0.3, 0.4) is 0 Å². The van der Waals surface area contributed by atoms with Crippen molar-refractivity contribution in [1.82, 2.24) is 4.90 Å². The van der Waals surface area contributed by atoms with E-state index in [-0.39, 0.29) is 17.6 Å². The van der Waals surface area contributed by atoms with Crippen LogP contribution in [0.15, 0.2) is 22.7 Å². The highest BCUT2D eigenvalue weighted by Gasteiger charge is 2.32. The van der Waals surface area contributed by atoms with Crippen molar-refractivity contribution in [2.75, 3.05) is 12.4 Å². The van der Waals surface area contributed by atoms with E-state index in [1.807, 2.05) is 6.92 Å². The van der Waals surface area contributed by atoms with Gasteiger partial charge in [-0.05, 0) is 43.9 Å². The SMILES string of the molecule is CC(C1CC1)N(C)C(=O)Nc1cc(Br)ccc1C(=O)O. The van der Waals surface area contributed by atoms with Crippen LogP contribution in [0.1, 0.15) is 30.1 Å². The third kappa shape index (κ3) is 3.30. The Balaban J connectivity index is 2.14. The van der Waals surface area contributed by atoms with Crippen molar-refractivity contribution in [1.29, 1.82) is 0 Å². The third-order valence-corrected chi connectivity index (χ3v) is 4.18. The fourth-order valence-corrected chi connectivity index (χ4v) is 2.45. The van der Waals surface area contributed by atoms with Crippen LogP contribution in [-0.4, -0.2) is 35.1 Å². The second-order valence-electron chi connectivity index (χ2n) is 5.11. The summed E-state index contributed by atoms with van der Waals surface area (Å²) in [6.45, 7) is 2.01. The van der Waals surface area contributed by atoms with Crippen molar-refractivity contribution in [2.45, 2.75) is 25.8 Å². The molecule has 1 aliphatic rings. The number of carboxylic acids is 1. The van der Waals surface area contributed by atoms with Gasteiger partial charge in [-0.15, -0.1) is 0 Å². The lowest BCUT2D eigenvalue weighted by Crippen LogP contribution is -2.39. The van der Waals surface area contributed by atoms with Gasteiger partial charge in [0, 0.05) is 17.6 Å². The standard InChI is InChI=1S/C14H17BrN2O3/c1-8(9-3-4-9)17(2)14(20)16-12-7-10(15)5-6-11(12)13(18)19/h5-9H,3-4H2,1-2H3,(H,16,20)(H,18,19). The molecule has 1 aliphatic carbocycles. The zero-order valence-corrected chi connectivity index (χ0v) is 13.0. The number of carboxylic acid groups (broad SMARTS) is 1. The van der Waals surface area contributed by atoms with E-state index in [0.717, 1.165) is 17.3 Å². The molecule has 2 rings (SSSR count). The van der Waals surface area contributed by atoms with Crippen molar-refractivity contribution >= 4 is 33.6 Å². The van der Waals surface area contributed by atoms with Gasteiger partial charge >= 0.3 is 12.0 Å². The average molecular weight is 341 g/mol. The van der Waals surface area contributed by atoms with Crippen LogP contribution in [0.5, 0.6) is 0 Å². The van der Waals surface area contributed by atoms with Crippen LogP contribution in [0.4, 0.5) is 10.5 Å². The molecule has 0 saturated heterocycles. The molecule has 0 spiro atoms. The molecule has 1 aromatic carbocycles. The fourth-order valence-electron chi connectivity index (χ4n) is 2.09. The first-order valence-electron chi connectivity index (χ1n) is 6.47. The molecule has 108 valence electrons. The van der Waals surface area contributed by atoms with E-state index in [2.05, 4.69) is 21.2 Å². The Morgan fingerprint density at radius 3 is 2.65 bits per heavy atom. The number of nitrogens with zero attached hydrogens (tertiary/aromatic N) is 1. The summed E-state index contributed by atoms with van der Waals surface area (Å²) in [5.74, 6) is -0.502. The normalized spacial score (nSPS) is 15.6. The number of carbonyl (C=O) groups is 2. The first kappa shape index (κ1) is 14.8. The van der Waals surface area contributed by atoms with Crippen molar-refractivity contribution in [2.24, 2.45) is 5.92 Å². The fraction of sp³-hybridized carbons (Fsp3) is 0.429. The molecule has 0 heterocycles. The number of benzene rings is 1. The van der Waals surface area contributed by atoms with Gasteiger partial charge in [0.25, 0.3) is 0 Å². The summed E-state index contributed by atoms with van der Waals surface area (Å²) in [4.78, 5) is 25.0. The van der Waals surface area contributed by atoms with Gasteiger partial charge in [-0.2, -0.15) is 0 Å². The minimum atomic E-state index is -1.06. The highest BCUT2D eigenvalue weighted by atomic mass is 79.9. The second-order valence-corrected chi connectivity index (χ2v) is 6.03. The van der Waals surface area contributed by atoms with Gasteiger partial charge in [-0.3, -0.25) is 0 Å². The van der Waals surface area contributed by atoms with Crippen LogP contribution < -0.4 is 5.32 Å². The monoisotopic (exact) mass is 340 g/mol. The first-order valence-corrected chi connectivity index (χ1v) is 7.26. The first-order chi connectivity index (χ1) is 9.40. The maximum Gasteiger partial charge on any atom is 0.337 e. The number of aromatic carboxylic acids is 1. The highest BCUT2D eigenvalue weighted by Crippen LogP contribution is 2.35. The quantitative estimate of drug-likeness (QED) is 0.882. The van der Waals surface area contributed by atoms with E-state index in [0.29, 0.717) is 11.6 Å². The van der Waals surface area contributed by atoms with E-state index in [4.69, 9.17) is 5.11 Å². The predicted molar refractivity (Wildman–Crippen MR) is 80.1 cm³/mol. The second kappa shape index (κ2) is 5.83. The van der Waals surface area contributed by atoms with Crippen molar-refractivity contribution in [3.05, 3.63) is 28.2 Å². The Kier molecular flexibility index (Phi) is 4.32. The summed E-state index contributed by atoms with van der Waals surface area (Å²) in [6, 6.07) is 4.57. The highest BCUT2D eigenvalue weighted by molar-refractivity contribution is 9.10. The summed E-state index contributed by atoms with van der Waals surface area (Å²) in [7, 11) is 1.73. The Labute approximate surface area is 126 Å². The van der Waals surface area contributed by atoms with E-state index in [1.165, 1.54) is 6.07 Å². The summed E-state index contributed by atoms with van der Waals surface area (Å²) < 4.78 is 0.718. The van der Waals surface area contributed by atoms with Crippen molar-refractivity contribution in [3.8, 4) is 0 Å². The molecule has 2 N–H and O–H groups in total. The Hall–Kier alpha value is -1.56. The van der Waals surface area contributed by atoms with Gasteiger partial charge in [0.15, 0.2) is 0 Å². The van der Waals surface area contributed by atoms with Gasteiger partial charge in [0.2, 0.25) is 0 Å². The van der Waals surface area contributed by atoms with Gasteiger partial charge < -0.3 is 15.3 Å². The molecule has 2 amide bonds. The lowest BCUT2D eigenvalue weighted by Gasteiger charge is -2.25. The minimum Gasteiger partial charge on any atom is -0.478 e. The van der Waals surface area contributed by atoms with E-state index < -0.39 is 5.97 Å². The number of halogens is 1. The summed E-state index contributed by atoms with van der Waals surface area (Å²) in [6.07, 6.45) is 2.30. The van der Waals surface area contributed by atoms with E-state index in [9.17, 15) is 9.59 Å². The predicted octanol–water partition coefficient (Wildman–Crippen LogP) is 3.41. The molecule has 1 unspecified atom stereocenters. The van der Waals surface area contributed by atoms with E-state index in [1.54, 1.807) is 24.1 Å². The van der Waals surface area contributed by atoms with Crippen molar-refractivity contribution in [3.63, 3.8) is 0 Å². The zero-order chi connectivity index (χ0) is 14.9. The van der Waals surface area contributed by atoms with Crippen LogP contribution in [0.25, 0.3) is 0 Å². The minimum absolute atomic E-state index is 0.0778. The maximum absolute atomic E-state index is 12.2. The third-order valence-electron chi connectivity index (χ3n) is 3.69. The number of urea groups is 1. The van der Waals surface area contributed by atoms with Gasteiger partial charge in [-0.1, -0.05) is 15.9 Å². The Morgan fingerprint density at radius 2 is 2.10 bits per heavy atom. The molecule has 0 aliphatic heterocycles. The molecule has 1 atom stereocenters. The molecule has 5 nitrogen and oxygen atoms in total. The van der Waals surface area contributed by atoms with Gasteiger partial charge in [-0.25, -0.2) is 9.59 Å². The van der Waals surface area contributed by atoms with Crippen LogP contribution in [0, 0.1) is 5.92 Å². The number of anilines is 1. The van der Waals surface area contributed by atoms with Crippen LogP contribution in [0.2, 0.25) is 0 Å². The largest absolute Gasteiger partial charge is 0.478 e. The molecule has 0 bridgehead atoms. The summed E-state index contributed by atoms with van der Waals surface area (Å²) in [5, 5.41) is 11.8. The lowest BCUT2D eigenvalue weighted by atomic mass is 10.1. The number of rotatable bonds is 4. The van der Waals surface area contributed by atoms with E-state index >= 15 is 0 Å². The Bertz CT molecular complexity index is 543. The molecule has 6 heteroatoms. The molecule has 1 saturated carbocycles. The van der Waals surface area contributed by atoms with Gasteiger partial charge in [0.05, 0.1) is 11.3 Å².